The van der Waals surface area contributed by atoms with Gasteiger partial charge in [-0.25, -0.2) is 0 Å². The van der Waals surface area contributed by atoms with Crippen molar-refractivity contribution in [3.63, 3.8) is 0 Å². The molecule has 9 atom stereocenters. The van der Waals surface area contributed by atoms with Gasteiger partial charge < -0.3 is 9.84 Å². The number of aliphatic hydroxyl groups excluding tert-OH is 1. The van der Waals surface area contributed by atoms with E-state index in [4.69, 9.17) is 4.74 Å². The van der Waals surface area contributed by atoms with Crippen molar-refractivity contribution in [2.45, 2.75) is 117 Å². The molecule has 0 aromatic carbocycles. The van der Waals surface area contributed by atoms with Gasteiger partial charge in [-0.3, -0.25) is 4.79 Å². The Labute approximate surface area is 183 Å². The number of rotatable bonds is 1. The summed E-state index contributed by atoms with van der Waals surface area (Å²) in [7, 11) is 0. The summed E-state index contributed by atoms with van der Waals surface area (Å²) in [6.45, 7) is 14.7. The second-order valence-electron chi connectivity index (χ2n) is 13.5. The Kier molecular flexibility index (Phi) is 4.45. The van der Waals surface area contributed by atoms with E-state index < -0.39 is 0 Å². The van der Waals surface area contributed by atoms with E-state index in [9.17, 15) is 9.90 Å². The van der Waals surface area contributed by atoms with Gasteiger partial charge in [0.05, 0.1) is 6.10 Å². The maximum Gasteiger partial charge on any atom is 0.306 e. The molecule has 170 valence electrons. The number of cyclic esters (lactones) is 1. The van der Waals surface area contributed by atoms with Crippen molar-refractivity contribution in [1.29, 1.82) is 0 Å². The topological polar surface area (TPSA) is 46.5 Å². The quantitative estimate of drug-likeness (QED) is 0.523. The predicted octanol–water partition coefficient (Wildman–Crippen LogP) is 6.13. The summed E-state index contributed by atoms with van der Waals surface area (Å²) >= 11 is 0. The van der Waals surface area contributed by atoms with Crippen LogP contribution in [-0.2, 0) is 9.53 Å². The van der Waals surface area contributed by atoms with Crippen LogP contribution in [0.5, 0.6) is 0 Å². The smallest absolute Gasteiger partial charge is 0.306 e. The van der Waals surface area contributed by atoms with Crippen LogP contribution in [0.2, 0.25) is 0 Å². The summed E-state index contributed by atoms with van der Waals surface area (Å²) in [6, 6.07) is 0. The van der Waals surface area contributed by atoms with Crippen molar-refractivity contribution in [1.82, 2.24) is 0 Å². The number of hydrogen-bond acceptors (Lipinski definition) is 3. The van der Waals surface area contributed by atoms with Crippen LogP contribution in [0.25, 0.3) is 0 Å². The first-order valence-electron chi connectivity index (χ1n) is 12.8. The van der Waals surface area contributed by atoms with E-state index in [0.29, 0.717) is 40.4 Å². The van der Waals surface area contributed by atoms with Crippen LogP contribution in [0.15, 0.2) is 0 Å². The lowest BCUT2D eigenvalue weighted by Gasteiger charge is -2.70. The van der Waals surface area contributed by atoms with Crippen LogP contribution in [-0.4, -0.2) is 22.8 Å². The highest BCUT2D eigenvalue weighted by Gasteiger charge is 2.69. The highest BCUT2D eigenvalue weighted by atomic mass is 16.6. The summed E-state index contributed by atoms with van der Waals surface area (Å²) in [5.74, 6) is 2.59. The highest BCUT2D eigenvalue weighted by Crippen LogP contribution is 2.76. The number of aliphatic hydroxyl groups is 1. The fraction of sp³-hybridized carbons (Fsp3) is 0.963. The van der Waals surface area contributed by atoms with E-state index in [1.807, 2.05) is 0 Å². The van der Waals surface area contributed by atoms with Crippen molar-refractivity contribution in [2.75, 3.05) is 0 Å². The zero-order valence-corrected chi connectivity index (χ0v) is 20.2. The van der Waals surface area contributed by atoms with Crippen LogP contribution in [0.1, 0.15) is 106 Å². The van der Waals surface area contributed by atoms with Gasteiger partial charge in [0.2, 0.25) is 0 Å². The fourth-order valence-electron chi connectivity index (χ4n) is 10.4. The number of hydrogen-bond donors (Lipinski definition) is 1. The van der Waals surface area contributed by atoms with Crippen molar-refractivity contribution in [2.24, 2.45) is 45.3 Å². The Morgan fingerprint density at radius 1 is 0.767 bits per heavy atom. The van der Waals surface area contributed by atoms with Gasteiger partial charge in [0.1, 0.15) is 5.60 Å². The molecule has 1 saturated heterocycles. The first-order valence-corrected chi connectivity index (χ1v) is 12.8. The van der Waals surface area contributed by atoms with Crippen LogP contribution >= 0.6 is 0 Å². The minimum Gasteiger partial charge on any atom is -0.459 e. The predicted molar refractivity (Wildman–Crippen MR) is 119 cm³/mol. The maximum absolute atomic E-state index is 12.0. The number of esters is 1. The Morgan fingerprint density at radius 2 is 1.47 bits per heavy atom. The molecule has 1 N–H and O–H groups in total. The summed E-state index contributed by atoms with van der Waals surface area (Å²) < 4.78 is 5.97. The van der Waals surface area contributed by atoms with E-state index in [-0.39, 0.29) is 23.1 Å². The third-order valence-electron chi connectivity index (χ3n) is 12.3. The molecular weight excluding hydrogens is 372 g/mol. The highest BCUT2D eigenvalue weighted by molar-refractivity contribution is 5.72. The average Bonchev–Trinajstić information content (AvgIpc) is 3.20. The van der Waals surface area contributed by atoms with Crippen LogP contribution in [0.3, 0.4) is 0 Å². The first kappa shape index (κ1) is 21.3. The molecule has 5 rings (SSSR count). The Bertz CT molecular complexity index is 744. The summed E-state index contributed by atoms with van der Waals surface area (Å²) in [5.41, 5.74) is 0.822. The SMILES string of the molecule is CC1(C2CCC3(C)C2CCC2C4(C)CCC(O)C(C)(C)C4CCC23C)CCC(=O)O1. The monoisotopic (exact) mass is 416 g/mol. The summed E-state index contributed by atoms with van der Waals surface area (Å²) in [4.78, 5) is 12.0. The van der Waals surface area contributed by atoms with Gasteiger partial charge in [-0.15, -0.1) is 0 Å². The van der Waals surface area contributed by atoms with Gasteiger partial charge in [-0.1, -0.05) is 34.6 Å². The van der Waals surface area contributed by atoms with Crippen molar-refractivity contribution < 1.29 is 14.6 Å². The van der Waals surface area contributed by atoms with Gasteiger partial charge in [-0.05, 0) is 104 Å². The molecule has 30 heavy (non-hydrogen) atoms. The molecule has 4 aliphatic carbocycles. The molecular formula is C27H44O3. The molecule has 1 aliphatic heterocycles. The van der Waals surface area contributed by atoms with Crippen molar-refractivity contribution in [3.8, 4) is 0 Å². The van der Waals surface area contributed by atoms with Crippen molar-refractivity contribution >= 4 is 5.97 Å². The summed E-state index contributed by atoms with van der Waals surface area (Å²) in [5, 5.41) is 10.8. The number of ether oxygens (including phenoxy) is 1. The Morgan fingerprint density at radius 3 is 2.13 bits per heavy atom. The summed E-state index contributed by atoms with van der Waals surface area (Å²) in [6.07, 6.45) is 11.2. The van der Waals surface area contributed by atoms with Crippen molar-refractivity contribution in [3.05, 3.63) is 0 Å². The molecule has 0 aromatic heterocycles. The van der Waals surface area contributed by atoms with E-state index in [1.54, 1.807) is 0 Å². The Hall–Kier alpha value is -0.570. The van der Waals surface area contributed by atoms with Crippen LogP contribution in [0, 0.1) is 45.3 Å². The molecule has 0 radical (unpaired) electrons. The number of carbonyl (C=O) groups excluding carboxylic acids is 1. The Balaban J connectivity index is 1.49. The van der Waals surface area contributed by atoms with E-state index in [2.05, 4.69) is 41.5 Å². The molecule has 3 heteroatoms. The lowest BCUT2D eigenvalue weighted by atomic mass is 9.35. The molecule has 5 aliphatic rings. The van der Waals surface area contributed by atoms with Crippen LogP contribution in [0.4, 0.5) is 0 Å². The largest absolute Gasteiger partial charge is 0.459 e. The minimum absolute atomic E-state index is 0.0158. The van der Waals surface area contributed by atoms with Gasteiger partial charge in [0, 0.05) is 12.3 Å². The second kappa shape index (κ2) is 6.27. The second-order valence-corrected chi connectivity index (χ2v) is 13.5. The molecule has 0 spiro atoms. The zero-order chi connectivity index (χ0) is 21.7. The molecule has 0 bridgehead atoms. The minimum atomic E-state index is -0.235. The number of fused-ring (bicyclic) bond motifs is 5. The lowest BCUT2D eigenvalue weighted by Crippen LogP contribution is -2.64. The number of carbonyl (C=O) groups is 1. The zero-order valence-electron chi connectivity index (χ0n) is 20.2. The fourth-order valence-corrected chi connectivity index (χ4v) is 10.4. The molecule has 9 unspecified atom stereocenters. The first-order chi connectivity index (χ1) is 13.9. The van der Waals surface area contributed by atoms with E-state index in [0.717, 1.165) is 18.8 Å². The van der Waals surface area contributed by atoms with Gasteiger partial charge >= 0.3 is 5.97 Å². The van der Waals surface area contributed by atoms with Gasteiger partial charge in [0.25, 0.3) is 0 Å². The molecule has 5 fully saturated rings. The molecule has 0 amide bonds. The molecule has 1 heterocycles. The standard InChI is InChI=1S/C27H44O3/c1-23(2)19-10-15-26(5)20(24(19,3)13-11-21(23)28)8-7-17-18(9-14-25(17,26)4)27(6)16-12-22(29)30-27/h17-21,28H,7-16H2,1-6H3. The normalized spacial score (nSPS) is 57.3. The van der Waals surface area contributed by atoms with Gasteiger partial charge in [-0.2, -0.15) is 0 Å². The maximum atomic E-state index is 12.0. The average molecular weight is 417 g/mol. The van der Waals surface area contributed by atoms with Crippen LogP contribution < -0.4 is 0 Å². The third kappa shape index (κ3) is 2.45. The van der Waals surface area contributed by atoms with Gasteiger partial charge in [0.15, 0.2) is 0 Å². The molecule has 4 saturated carbocycles. The lowest BCUT2D eigenvalue weighted by molar-refractivity contribution is -0.225. The van der Waals surface area contributed by atoms with E-state index >= 15 is 0 Å². The van der Waals surface area contributed by atoms with E-state index in [1.165, 1.54) is 44.9 Å². The third-order valence-corrected chi connectivity index (χ3v) is 12.3. The molecule has 3 nitrogen and oxygen atoms in total. The molecule has 0 aromatic rings.